The summed E-state index contributed by atoms with van der Waals surface area (Å²) in [5.74, 6) is -11.5. The van der Waals surface area contributed by atoms with E-state index in [-0.39, 0.29) is 49.5 Å². The molecule has 1 saturated heterocycles. The lowest BCUT2D eigenvalue weighted by atomic mass is 9.94. The zero-order valence-corrected chi connectivity index (χ0v) is 41.5. The number of ether oxygens (including phenoxy) is 1. The third-order valence-corrected chi connectivity index (χ3v) is 11.7. The van der Waals surface area contributed by atoms with E-state index in [1.165, 1.54) is 44.2 Å². The Kier molecular flexibility index (Phi) is 23.8. The highest BCUT2D eigenvalue weighted by molar-refractivity contribution is 6.00. The highest BCUT2D eigenvalue weighted by Gasteiger charge is 2.34. The number of nitrogens with zero attached hydrogens (tertiary/aromatic N) is 1. The van der Waals surface area contributed by atoms with Crippen molar-refractivity contribution in [3.05, 3.63) is 102 Å². The molecule has 23 heteroatoms. The van der Waals surface area contributed by atoms with Gasteiger partial charge in [0.25, 0.3) is 5.91 Å². The summed E-state index contributed by atoms with van der Waals surface area (Å²) in [7, 11) is 1.60. The van der Waals surface area contributed by atoms with E-state index in [4.69, 9.17) is 16.2 Å². The van der Waals surface area contributed by atoms with Crippen LogP contribution in [0.25, 0.3) is 0 Å². The Labute approximate surface area is 423 Å². The van der Waals surface area contributed by atoms with Gasteiger partial charge in [-0.1, -0.05) is 86.7 Å². The number of carboxylic acid groups (broad SMARTS) is 2. The fourth-order valence-corrected chi connectivity index (χ4v) is 7.46. The quantitative estimate of drug-likeness (QED) is 0.0365. The molecule has 3 rings (SSSR count). The summed E-state index contributed by atoms with van der Waals surface area (Å²) < 4.78 is 5.81. The number of amides is 7. The van der Waals surface area contributed by atoms with Gasteiger partial charge in [-0.25, -0.2) is 9.59 Å². The lowest BCUT2D eigenvalue weighted by molar-refractivity contribution is -0.144. The summed E-state index contributed by atoms with van der Waals surface area (Å²) >= 11 is 0. The molecule has 0 radical (unpaired) electrons. The van der Waals surface area contributed by atoms with E-state index in [1.54, 1.807) is 20.1 Å². The number of methoxy groups -OCH3 is 1. The molecule has 0 saturated carbocycles. The number of carbonyl (C=O) groups is 9. The van der Waals surface area contributed by atoms with Crippen molar-refractivity contribution < 1.29 is 63.2 Å². The Balaban J connectivity index is 2.10. The number of hydrogen-bond acceptors (Lipinski definition) is 12. The summed E-state index contributed by atoms with van der Waals surface area (Å²) in [6.45, 7) is 9.91. The van der Waals surface area contributed by atoms with E-state index < -0.39 is 120 Å². The Hall–Kier alpha value is -8.08. The van der Waals surface area contributed by atoms with Crippen LogP contribution in [0.1, 0.15) is 70.9 Å². The van der Waals surface area contributed by atoms with Gasteiger partial charge >= 0.3 is 11.9 Å². The average Bonchev–Trinajstić information content (AvgIpc) is 3.33. The maximum Gasteiger partial charge on any atom is 0.326 e. The summed E-state index contributed by atoms with van der Waals surface area (Å²) in [4.78, 5) is 124. The molecule has 14 N–H and O–H groups in total. The van der Waals surface area contributed by atoms with Crippen molar-refractivity contribution in [2.24, 2.45) is 28.3 Å². The Bertz CT molecular complexity index is 2390. The molecule has 0 aliphatic carbocycles. The summed E-state index contributed by atoms with van der Waals surface area (Å²) in [5, 5.41) is 47.2. The van der Waals surface area contributed by atoms with Gasteiger partial charge in [0.2, 0.25) is 35.4 Å². The van der Waals surface area contributed by atoms with Crippen LogP contribution in [0.4, 0.5) is 0 Å². The molecule has 9 unspecified atom stereocenters. The minimum atomic E-state index is -1.93. The number of phenols is 1. The molecule has 0 spiro atoms. The number of allylic oxidation sites excluding steroid dienone is 2. The second-order valence-corrected chi connectivity index (χ2v) is 17.7. The Morgan fingerprint density at radius 2 is 1.44 bits per heavy atom. The Morgan fingerprint density at radius 3 is 2.05 bits per heavy atom. The second kappa shape index (κ2) is 29.3. The third-order valence-electron chi connectivity index (χ3n) is 11.7. The molecule has 7 amide bonds. The topological polar surface area (TPSA) is 372 Å². The van der Waals surface area contributed by atoms with Crippen molar-refractivity contribution in [1.82, 2.24) is 37.2 Å². The number of nitrogens with one attached hydrogen (secondary N) is 7. The largest absolute Gasteiger partial charge is 0.508 e. The fraction of sp³-hybridized carbons (Fsp3) is 0.440. The predicted molar refractivity (Wildman–Crippen MR) is 268 cm³/mol. The summed E-state index contributed by atoms with van der Waals surface area (Å²) in [6.07, 6.45) is 3.22. The molecule has 396 valence electrons. The van der Waals surface area contributed by atoms with Gasteiger partial charge < -0.3 is 68.7 Å². The number of benzene rings is 2. The van der Waals surface area contributed by atoms with E-state index in [1.807, 2.05) is 43.3 Å². The van der Waals surface area contributed by atoms with Crippen molar-refractivity contribution in [3.63, 3.8) is 0 Å². The van der Waals surface area contributed by atoms with Crippen LogP contribution in [0, 0.1) is 11.8 Å². The van der Waals surface area contributed by atoms with Crippen LogP contribution in [0.5, 0.6) is 5.75 Å². The number of carboxylic acids is 2. The van der Waals surface area contributed by atoms with Gasteiger partial charge in [0, 0.05) is 32.4 Å². The maximum absolute atomic E-state index is 14.4. The number of phenolic OH excluding ortho intramolecular Hbond substituents is 1. The minimum absolute atomic E-state index is 0.00455. The first kappa shape index (κ1) is 59.2. The normalized spacial score (nSPS) is 23.6. The van der Waals surface area contributed by atoms with Gasteiger partial charge in [-0.05, 0) is 62.8 Å². The zero-order valence-electron chi connectivity index (χ0n) is 41.5. The van der Waals surface area contributed by atoms with Crippen LogP contribution in [-0.4, -0.2) is 131 Å². The van der Waals surface area contributed by atoms with Crippen LogP contribution in [0.2, 0.25) is 0 Å². The molecule has 23 nitrogen and oxygen atoms in total. The number of carbonyl (C=O) groups excluding carboxylic acids is 7. The summed E-state index contributed by atoms with van der Waals surface area (Å²) in [6, 6.07) is 6.24. The molecule has 0 bridgehead atoms. The van der Waals surface area contributed by atoms with Crippen LogP contribution < -0.4 is 48.7 Å². The van der Waals surface area contributed by atoms with Crippen LogP contribution in [0.15, 0.2) is 95.7 Å². The van der Waals surface area contributed by atoms with Gasteiger partial charge in [-0.3, -0.25) is 38.6 Å². The molecule has 73 heavy (non-hydrogen) atoms. The Morgan fingerprint density at radius 1 is 0.808 bits per heavy atom. The van der Waals surface area contributed by atoms with Crippen LogP contribution in [0.3, 0.4) is 0 Å². The first-order valence-electron chi connectivity index (χ1n) is 23.5. The fourth-order valence-electron chi connectivity index (χ4n) is 7.46. The van der Waals surface area contributed by atoms with Crippen molar-refractivity contribution >= 4 is 59.2 Å². The number of rotatable bonds is 15. The number of aliphatic imine (C=N–C) groups is 1. The van der Waals surface area contributed by atoms with E-state index in [0.29, 0.717) is 17.6 Å². The minimum Gasteiger partial charge on any atom is -0.508 e. The van der Waals surface area contributed by atoms with Crippen LogP contribution in [-0.2, 0) is 60.7 Å². The number of hydrogen-bond donors (Lipinski definition) is 12. The average molecular weight is 1020 g/mol. The molecule has 1 heterocycles. The molecular weight excluding hydrogens is 949 g/mol. The smallest absolute Gasteiger partial charge is 0.326 e. The molecule has 0 aromatic heterocycles. The predicted octanol–water partition coefficient (Wildman–Crippen LogP) is -0.0676. The molecule has 2 aromatic rings. The van der Waals surface area contributed by atoms with Gasteiger partial charge in [0.1, 0.15) is 36.0 Å². The monoisotopic (exact) mass is 1020 g/mol. The molecule has 1 aliphatic heterocycles. The summed E-state index contributed by atoms with van der Waals surface area (Å²) in [5.41, 5.74) is 12.5. The lowest BCUT2D eigenvalue weighted by Gasteiger charge is -2.27. The number of aliphatic carboxylic acids is 2. The van der Waals surface area contributed by atoms with Crippen molar-refractivity contribution in [3.8, 4) is 5.75 Å². The standard InChI is InChI=1S/C50H68N10O13/c1-27(23-28(2)40(73-6)25-32-11-8-7-9-12-32)14-19-35-29(3)43(64)59-37(48(69)70)20-21-41(62)54-30(4)44(65)55-31(5)45(66)58-36(13-10-22-53-50(51)52)46(67)60-39(49(71)72)26-42(63)56-38(47(68)57-35)24-33-15-17-34(61)18-16-33/h7-9,11-12,14-19,23,28-29,31,35-40,61H,4,10,13,20-22,24-26H2,1-3,5-6H3,(H,54,62)(H,55,65)(H,56,63)(H,57,68)(H,58,66)(H,59,64)(H,60,67)(H,69,70)(H,71,72)(H4,51,52,53)/b19-14+,27-23+. The molecule has 1 aliphatic rings. The zero-order chi connectivity index (χ0) is 54.4. The molecule has 9 atom stereocenters. The number of nitrogens with two attached hydrogens (primary N) is 2. The van der Waals surface area contributed by atoms with E-state index in [9.17, 15) is 58.5 Å². The van der Waals surface area contributed by atoms with E-state index in [2.05, 4.69) is 48.8 Å². The highest BCUT2D eigenvalue weighted by Crippen LogP contribution is 2.19. The van der Waals surface area contributed by atoms with Crippen LogP contribution >= 0.6 is 0 Å². The number of guanidine groups is 1. The molecule has 2 aromatic carbocycles. The van der Waals surface area contributed by atoms with Crippen molar-refractivity contribution in [2.45, 2.75) is 115 Å². The molecular formula is C50H68N10O13. The number of aromatic hydroxyl groups is 1. The SMILES string of the molecule is C=C1NC(=O)CCC(C(=O)O)NC(=O)C(C)C(/C=C/C(C)=C/C(C)C(Cc2ccccc2)OC)NC(=O)C(Cc2ccc(O)cc2)NC(=O)CC(C(=O)O)NC(=O)C(CCCN=C(N)N)NC(=O)C(C)NC1=O. The van der Waals surface area contributed by atoms with Crippen molar-refractivity contribution in [1.29, 1.82) is 0 Å². The molecule has 1 fully saturated rings. The third kappa shape index (κ3) is 20.7. The maximum atomic E-state index is 14.4. The first-order chi connectivity index (χ1) is 34.5. The van der Waals surface area contributed by atoms with Gasteiger partial charge in [-0.15, -0.1) is 0 Å². The van der Waals surface area contributed by atoms with Gasteiger partial charge in [0.15, 0.2) is 5.96 Å². The van der Waals surface area contributed by atoms with E-state index >= 15 is 0 Å². The second-order valence-electron chi connectivity index (χ2n) is 17.7. The first-order valence-corrected chi connectivity index (χ1v) is 23.5. The van der Waals surface area contributed by atoms with Crippen molar-refractivity contribution in [2.75, 3.05) is 13.7 Å². The van der Waals surface area contributed by atoms with Gasteiger partial charge in [0.05, 0.1) is 30.2 Å². The lowest BCUT2D eigenvalue weighted by Crippen LogP contribution is -2.57. The van der Waals surface area contributed by atoms with E-state index in [0.717, 1.165) is 5.56 Å². The highest BCUT2D eigenvalue weighted by atomic mass is 16.5. The van der Waals surface area contributed by atoms with Gasteiger partial charge in [-0.2, -0.15) is 0 Å².